The molecule has 0 saturated heterocycles. The number of hydrogen-bond acceptors (Lipinski definition) is 6. The fourth-order valence-corrected chi connectivity index (χ4v) is 3.38. The Morgan fingerprint density at radius 1 is 1.22 bits per heavy atom. The van der Waals surface area contributed by atoms with E-state index in [9.17, 15) is 0 Å². The molecule has 122 valence electrons. The Hall–Kier alpha value is -2.50. The Labute approximate surface area is 136 Å². The summed E-state index contributed by atoms with van der Waals surface area (Å²) in [6.07, 6.45) is 6.92. The van der Waals surface area contributed by atoms with Gasteiger partial charge in [0.15, 0.2) is 0 Å². The van der Waals surface area contributed by atoms with Gasteiger partial charge in [0, 0.05) is 0 Å². The standard InChI is InChI=1S/C17H23N5O/c1-2-12-23-14-9-5-4-8-13(14)22-16(19)20-15(18)21-17(22)10-6-3-7-11-17/h2,4-5,8-9H,1,3,6-7,10-12H2,(H4,18,19,20,21). The van der Waals surface area contributed by atoms with Crippen LogP contribution in [0.2, 0.25) is 0 Å². The van der Waals surface area contributed by atoms with Crippen LogP contribution in [0.1, 0.15) is 32.1 Å². The van der Waals surface area contributed by atoms with Gasteiger partial charge in [-0.3, -0.25) is 4.90 Å². The summed E-state index contributed by atoms with van der Waals surface area (Å²) < 4.78 is 5.80. The zero-order valence-corrected chi connectivity index (χ0v) is 13.2. The van der Waals surface area contributed by atoms with Crippen molar-refractivity contribution in [2.75, 3.05) is 11.5 Å². The second-order valence-corrected chi connectivity index (χ2v) is 5.89. The number of nitrogens with two attached hydrogens (primary N) is 2. The number of aliphatic imine (C=N–C) groups is 2. The van der Waals surface area contributed by atoms with Crippen molar-refractivity contribution in [3.63, 3.8) is 0 Å². The summed E-state index contributed by atoms with van der Waals surface area (Å²) in [7, 11) is 0. The van der Waals surface area contributed by atoms with Gasteiger partial charge in [-0.15, -0.1) is 0 Å². The maximum absolute atomic E-state index is 6.24. The van der Waals surface area contributed by atoms with Gasteiger partial charge < -0.3 is 16.2 Å². The van der Waals surface area contributed by atoms with E-state index in [0.717, 1.165) is 37.1 Å². The van der Waals surface area contributed by atoms with Gasteiger partial charge in [0.05, 0.1) is 5.69 Å². The molecule has 1 aliphatic carbocycles. The van der Waals surface area contributed by atoms with Crippen LogP contribution >= 0.6 is 0 Å². The molecule has 4 N–H and O–H groups in total. The van der Waals surface area contributed by atoms with Crippen LogP contribution in [0.4, 0.5) is 5.69 Å². The molecule has 1 aromatic carbocycles. The molecule has 0 unspecified atom stereocenters. The molecule has 0 radical (unpaired) electrons. The summed E-state index contributed by atoms with van der Waals surface area (Å²) in [4.78, 5) is 10.9. The third-order valence-corrected chi connectivity index (χ3v) is 4.31. The van der Waals surface area contributed by atoms with Gasteiger partial charge in [0.25, 0.3) is 0 Å². The zero-order valence-electron chi connectivity index (χ0n) is 13.2. The molecular formula is C17H23N5O. The van der Waals surface area contributed by atoms with Crippen molar-refractivity contribution in [1.29, 1.82) is 0 Å². The first-order valence-electron chi connectivity index (χ1n) is 7.99. The number of para-hydroxylation sites is 2. The number of rotatable bonds is 4. The normalized spacial score (nSPS) is 19.9. The van der Waals surface area contributed by atoms with Crippen LogP contribution in [-0.4, -0.2) is 24.2 Å². The maximum atomic E-state index is 6.24. The number of hydrogen-bond donors (Lipinski definition) is 2. The van der Waals surface area contributed by atoms with Crippen LogP contribution in [0.5, 0.6) is 5.75 Å². The van der Waals surface area contributed by atoms with E-state index in [1.165, 1.54) is 6.42 Å². The third kappa shape index (κ3) is 2.88. The third-order valence-electron chi connectivity index (χ3n) is 4.31. The first-order chi connectivity index (χ1) is 11.2. The minimum atomic E-state index is -0.457. The molecule has 1 heterocycles. The van der Waals surface area contributed by atoms with Crippen LogP contribution in [0.25, 0.3) is 0 Å². The van der Waals surface area contributed by atoms with Gasteiger partial charge in [-0.25, -0.2) is 4.99 Å². The molecule has 0 atom stereocenters. The molecular weight excluding hydrogens is 290 g/mol. The lowest BCUT2D eigenvalue weighted by Gasteiger charge is -2.45. The van der Waals surface area contributed by atoms with Gasteiger partial charge in [0.2, 0.25) is 11.9 Å². The van der Waals surface area contributed by atoms with Crippen molar-refractivity contribution in [2.45, 2.75) is 37.8 Å². The summed E-state index contributed by atoms with van der Waals surface area (Å²) in [6.45, 7) is 4.13. The van der Waals surface area contributed by atoms with Crippen LogP contribution in [0.15, 0.2) is 46.9 Å². The van der Waals surface area contributed by atoms with E-state index in [1.807, 2.05) is 29.2 Å². The maximum Gasteiger partial charge on any atom is 0.220 e. The molecule has 0 amide bonds. The molecule has 3 rings (SSSR count). The first kappa shape index (κ1) is 15.4. The number of anilines is 1. The Kier molecular flexibility index (Phi) is 4.23. The number of ether oxygens (including phenoxy) is 1. The van der Waals surface area contributed by atoms with E-state index in [1.54, 1.807) is 6.08 Å². The number of benzene rings is 1. The lowest BCUT2D eigenvalue weighted by atomic mass is 9.87. The Morgan fingerprint density at radius 2 is 1.96 bits per heavy atom. The smallest absolute Gasteiger partial charge is 0.220 e. The molecule has 1 aromatic rings. The molecule has 1 aliphatic heterocycles. The summed E-state index contributed by atoms with van der Waals surface area (Å²) >= 11 is 0. The largest absolute Gasteiger partial charge is 0.487 e. The number of nitrogens with zero attached hydrogens (tertiary/aromatic N) is 3. The first-order valence-corrected chi connectivity index (χ1v) is 7.99. The van der Waals surface area contributed by atoms with Crippen LogP contribution in [-0.2, 0) is 0 Å². The lowest BCUT2D eigenvalue weighted by Crippen LogP contribution is -2.58. The van der Waals surface area contributed by atoms with Crippen molar-refractivity contribution < 1.29 is 4.74 Å². The zero-order chi connectivity index (χ0) is 16.3. The highest BCUT2D eigenvalue weighted by molar-refractivity contribution is 6.06. The second-order valence-electron chi connectivity index (χ2n) is 5.89. The van der Waals surface area contributed by atoms with Crippen molar-refractivity contribution in [3.05, 3.63) is 36.9 Å². The molecule has 6 nitrogen and oxygen atoms in total. The van der Waals surface area contributed by atoms with E-state index in [4.69, 9.17) is 16.2 Å². The summed E-state index contributed by atoms with van der Waals surface area (Å²) in [5, 5.41) is 0. The van der Waals surface area contributed by atoms with Gasteiger partial charge in [-0.2, -0.15) is 4.99 Å². The number of guanidine groups is 2. The average Bonchev–Trinajstić information content (AvgIpc) is 2.54. The minimum absolute atomic E-state index is 0.255. The highest BCUT2D eigenvalue weighted by atomic mass is 16.5. The highest BCUT2D eigenvalue weighted by Crippen LogP contribution is 2.42. The molecule has 0 bridgehead atoms. The molecule has 1 saturated carbocycles. The van der Waals surface area contributed by atoms with Gasteiger partial charge in [-0.05, 0) is 37.8 Å². The molecule has 23 heavy (non-hydrogen) atoms. The fourth-order valence-electron chi connectivity index (χ4n) is 3.38. The summed E-state index contributed by atoms with van der Waals surface area (Å²) in [6, 6.07) is 7.80. The van der Waals surface area contributed by atoms with Crippen molar-refractivity contribution in [1.82, 2.24) is 0 Å². The van der Waals surface area contributed by atoms with Crippen molar-refractivity contribution in [3.8, 4) is 5.75 Å². The summed E-state index contributed by atoms with van der Waals surface area (Å²) in [5.41, 5.74) is 12.6. The van der Waals surface area contributed by atoms with E-state index < -0.39 is 5.66 Å². The predicted octanol–water partition coefficient (Wildman–Crippen LogP) is 2.36. The quantitative estimate of drug-likeness (QED) is 0.835. The highest BCUT2D eigenvalue weighted by Gasteiger charge is 2.43. The topological polar surface area (TPSA) is 89.2 Å². The molecule has 1 spiro atoms. The van der Waals surface area contributed by atoms with Crippen LogP contribution in [0, 0.1) is 0 Å². The van der Waals surface area contributed by atoms with Gasteiger partial charge >= 0.3 is 0 Å². The van der Waals surface area contributed by atoms with E-state index >= 15 is 0 Å². The Balaban J connectivity index is 2.05. The predicted molar refractivity (Wildman–Crippen MR) is 93.7 cm³/mol. The molecule has 2 aliphatic rings. The minimum Gasteiger partial charge on any atom is -0.487 e. The lowest BCUT2D eigenvalue weighted by molar-refractivity contribution is 0.301. The van der Waals surface area contributed by atoms with E-state index in [-0.39, 0.29) is 5.96 Å². The average molecular weight is 313 g/mol. The van der Waals surface area contributed by atoms with Crippen LogP contribution < -0.4 is 21.1 Å². The van der Waals surface area contributed by atoms with Gasteiger partial charge in [0.1, 0.15) is 18.0 Å². The van der Waals surface area contributed by atoms with E-state index in [0.29, 0.717) is 12.6 Å². The van der Waals surface area contributed by atoms with Crippen LogP contribution in [0.3, 0.4) is 0 Å². The Bertz CT molecular complexity index is 646. The van der Waals surface area contributed by atoms with Gasteiger partial charge in [-0.1, -0.05) is 31.2 Å². The van der Waals surface area contributed by atoms with E-state index in [2.05, 4.69) is 16.6 Å². The van der Waals surface area contributed by atoms with Crippen molar-refractivity contribution >= 4 is 17.6 Å². The monoisotopic (exact) mass is 313 g/mol. The fraction of sp³-hybridized carbons (Fsp3) is 0.412. The molecule has 0 aromatic heterocycles. The summed E-state index contributed by atoms with van der Waals surface area (Å²) in [5.74, 6) is 1.37. The van der Waals surface area contributed by atoms with Crippen molar-refractivity contribution in [2.24, 2.45) is 21.5 Å². The Morgan fingerprint density at radius 3 is 2.70 bits per heavy atom. The molecule has 6 heteroatoms. The second kappa shape index (κ2) is 6.32. The SMILES string of the molecule is C=CCOc1ccccc1N1C(N)=NC(N)=NC12CCCCC2. The molecule has 1 fully saturated rings.